The molecule has 3 heterocycles. The van der Waals surface area contributed by atoms with Gasteiger partial charge in [-0.1, -0.05) is 96.8 Å². The molecule has 0 amide bonds. The van der Waals surface area contributed by atoms with Gasteiger partial charge in [-0.3, -0.25) is 4.68 Å². The zero-order valence-corrected chi connectivity index (χ0v) is 35.4. The third-order valence-electron chi connectivity index (χ3n) is 10.1. The van der Waals surface area contributed by atoms with Gasteiger partial charge in [0, 0.05) is 28.8 Å². The number of aryl methyl sites for hydroxylation is 4. The number of fused-ring (bicyclic) bond motifs is 3. The van der Waals surface area contributed by atoms with Crippen LogP contribution in [-0.4, -0.2) is 19.3 Å². The Labute approximate surface area is 329 Å². The molecule has 0 fully saturated rings. The molecular formula is C47H50N4OPt. The zero-order chi connectivity index (χ0) is 37.3. The van der Waals surface area contributed by atoms with Gasteiger partial charge >= 0.3 is 21.1 Å². The van der Waals surface area contributed by atoms with Crippen molar-refractivity contribution in [2.24, 2.45) is 0 Å². The molecule has 0 aliphatic heterocycles. The van der Waals surface area contributed by atoms with Gasteiger partial charge in [-0.2, -0.15) is 11.2 Å². The minimum Gasteiger partial charge on any atom is -0.509 e. The fourth-order valence-electron chi connectivity index (χ4n) is 7.57. The molecule has 7 aromatic rings. The number of pyridine rings is 1. The summed E-state index contributed by atoms with van der Waals surface area (Å²) in [5, 5.41) is 7.45. The molecule has 0 N–H and O–H groups in total. The Morgan fingerprint density at radius 2 is 1.38 bits per heavy atom. The number of aromatic nitrogens is 4. The quantitative estimate of drug-likeness (QED) is 0.156. The summed E-state index contributed by atoms with van der Waals surface area (Å²) in [7, 11) is 0. The Bertz CT molecular complexity index is 2460. The summed E-state index contributed by atoms with van der Waals surface area (Å²) in [6, 6.07) is 33.0. The Morgan fingerprint density at radius 1 is 0.698 bits per heavy atom. The van der Waals surface area contributed by atoms with E-state index in [4.69, 9.17) is 14.8 Å². The van der Waals surface area contributed by atoms with Gasteiger partial charge in [0.1, 0.15) is 5.82 Å². The first-order valence-electron chi connectivity index (χ1n) is 18.4. The minimum atomic E-state index is -0.140. The van der Waals surface area contributed by atoms with Crippen LogP contribution in [0.5, 0.6) is 11.5 Å². The van der Waals surface area contributed by atoms with Crippen LogP contribution in [0.4, 0.5) is 0 Å². The molecule has 0 aliphatic carbocycles. The molecule has 0 radical (unpaired) electrons. The van der Waals surface area contributed by atoms with Crippen molar-refractivity contribution in [1.29, 1.82) is 0 Å². The van der Waals surface area contributed by atoms with Crippen molar-refractivity contribution >= 4 is 21.8 Å². The SMILES string of the molecule is Cc1cc(C)c(-c2c(C)nn(-c3[c-]c(Oc4[c-]c5c(cc4)c4ccccc4n5-c4cc(C(C)(C)C)ccn4)cc(C(C)(C)C)c3)c2C(C)C)c(C)c1.[Pt+2]. The van der Waals surface area contributed by atoms with Gasteiger partial charge in [0.25, 0.3) is 0 Å². The van der Waals surface area contributed by atoms with Crippen molar-refractivity contribution in [2.45, 2.75) is 99.8 Å². The van der Waals surface area contributed by atoms with Crippen molar-refractivity contribution in [3.63, 3.8) is 0 Å². The molecule has 0 saturated carbocycles. The Hall–Kier alpha value is -4.47. The number of para-hydroxylation sites is 1. The van der Waals surface area contributed by atoms with Crippen molar-refractivity contribution in [1.82, 2.24) is 19.3 Å². The van der Waals surface area contributed by atoms with E-state index in [1.807, 2.05) is 12.3 Å². The number of benzene rings is 4. The molecular weight excluding hydrogens is 832 g/mol. The maximum atomic E-state index is 6.74. The maximum absolute atomic E-state index is 6.74. The van der Waals surface area contributed by atoms with Gasteiger partial charge in [-0.05, 0) is 96.0 Å². The van der Waals surface area contributed by atoms with Gasteiger partial charge in [0.05, 0.1) is 11.4 Å². The molecule has 4 aromatic carbocycles. The van der Waals surface area contributed by atoms with Crippen LogP contribution < -0.4 is 4.74 Å². The summed E-state index contributed by atoms with van der Waals surface area (Å²) in [5.74, 6) is 2.32. The second-order valence-corrected chi connectivity index (χ2v) is 16.7. The summed E-state index contributed by atoms with van der Waals surface area (Å²) >= 11 is 0. The summed E-state index contributed by atoms with van der Waals surface area (Å²) in [6.07, 6.45) is 1.90. The van der Waals surface area contributed by atoms with E-state index in [1.165, 1.54) is 39.1 Å². The van der Waals surface area contributed by atoms with Gasteiger partial charge < -0.3 is 9.30 Å². The summed E-state index contributed by atoms with van der Waals surface area (Å²) < 4.78 is 11.0. The van der Waals surface area contributed by atoms with Crippen molar-refractivity contribution in [3.05, 3.63) is 130 Å². The molecule has 6 heteroatoms. The molecule has 0 bridgehead atoms. The Morgan fingerprint density at radius 3 is 2.04 bits per heavy atom. The molecule has 0 unspecified atom stereocenters. The molecule has 53 heavy (non-hydrogen) atoms. The largest absolute Gasteiger partial charge is 2.00 e. The van der Waals surface area contributed by atoms with Crippen LogP contribution in [0.3, 0.4) is 0 Å². The van der Waals surface area contributed by atoms with Crippen LogP contribution in [0.25, 0.3) is 44.4 Å². The van der Waals surface area contributed by atoms with Gasteiger partial charge in [-0.25, -0.2) is 4.98 Å². The predicted molar refractivity (Wildman–Crippen MR) is 216 cm³/mol. The first-order chi connectivity index (χ1) is 24.5. The molecule has 0 saturated heterocycles. The first kappa shape index (κ1) is 38.3. The predicted octanol–water partition coefficient (Wildman–Crippen LogP) is 12.4. The van der Waals surface area contributed by atoms with E-state index < -0.39 is 0 Å². The topological polar surface area (TPSA) is 44.9 Å². The van der Waals surface area contributed by atoms with Crippen LogP contribution in [-0.2, 0) is 31.9 Å². The summed E-state index contributed by atoms with van der Waals surface area (Å²) in [4.78, 5) is 4.85. The van der Waals surface area contributed by atoms with Crippen LogP contribution in [0.15, 0.2) is 79.0 Å². The van der Waals surface area contributed by atoms with E-state index in [0.717, 1.165) is 44.6 Å². The van der Waals surface area contributed by atoms with Crippen molar-refractivity contribution in [3.8, 4) is 34.1 Å². The smallest absolute Gasteiger partial charge is 0.509 e. The van der Waals surface area contributed by atoms with Crippen LogP contribution in [0.1, 0.15) is 101 Å². The fourth-order valence-corrected chi connectivity index (χ4v) is 7.57. The average Bonchev–Trinajstić information content (AvgIpc) is 3.58. The van der Waals surface area contributed by atoms with E-state index in [-0.39, 0.29) is 37.8 Å². The van der Waals surface area contributed by atoms with Gasteiger partial charge in [0.15, 0.2) is 0 Å². The van der Waals surface area contributed by atoms with Gasteiger partial charge in [0.2, 0.25) is 0 Å². The minimum absolute atomic E-state index is 0. The molecule has 7 rings (SSSR count). The summed E-state index contributed by atoms with van der Waals surface area (Å²) in [6.45, 7) is 26.6. The van der Waals surface area contributed by atoms with Crippen LogP contribution in [0.2, 0.25) is 0 Å². The number of hydrogen-bond acceptors (Lipinski definition) is 3. The van der Waals surface area contributed by atoms with E-state index in [0.29, 0.717) is 11.5 Å². The summed E-state index contributed by atoms with van der Waals surface area (Å²) in [5.41, 5.74) is 13.5. The molecule has 5 nitrogen and oxygen atoms in total. The molecule has 0 spiro atoms. The maximum Gasteiger partial charge on any atom is 2.00 e. The normalized spacial score (nSPS) is 12.2. The van der Waals surface area contributed by atoms with Crippen LogP contribution in [0, 0.1) is 39.8 Å². The van der Waals surface area contributed by atoms with E-state index in [9.17, 15) is 0 Å². The average molecular weight is 882 g/mol. The molecule has 0 atom stereocenters. The van der Waals surface area contributed by atoms with Crippen molar-refractivity contribution in [2.75, 3.05) is 0 Å². The Kier molecular flexibility index (Phi) is 10.2. The number of ether oxygens (including phenoxy) is 1. The Balaban J connectivity index is 0.00000481. The number of rotatable bonds is 6. The third kappa shape index (κ3) is 7.13. The third-order valence-corrected chi connectivity index (χ3v) is 10.1. The molecule has 3 aromatic heterocycles. The second kappa shape index (κ2) is 14.1. The first-order valence-corrected chi connectivity index (χ1v) is 18.4. The number of nitrogens with zero attached hydrogens (tertiary/aromatic N) is 4. The van der Waals surface area contributed by atoms with E-state index in [2.05, 4.69) is 171 Å². The fraction of sp³-hybridized carbons (Fsp3) is 0.319. The zero-order valence-electron chi connectivity index (χ0n) is 33.1. The molecule has 274 valence electrons. The second-order valence-electron chi connectivity index (χ2n) is 16.7. The van der Waals surface area contributed by atoms with Crippen LogP contribution >= 0.6 is 0 Å². The van der Waals surface area contributed by atoms with Gasteiger partial charge in [-0.15, -0.1) is 41.3 Å². The van der Waals surface area contributed by atoms with Crippen molar-refractivity contribution < 1.29 is 25.8 Å². The van der Waals surface area contributed by atoms with E-state index in [1.54, 1.807) is 0 Å². The monoisotopic (exact) mass is 881 g/mol. The molecule has 0 aliphatic rings. The standard InChI is InChI=1S/C47H50N4O.Pt/c1-28(2)45-44(43-30(4)21-29(3)22-31(43)5)32(6)49-51(45)35-23-34(47(10,11)12)24-37(26-35)52-36-17-18-39-38-15-13-14-16-40(38)50(41(39)27-36)42-25-33(19-20-48-42)46(7,8)9;/h13-25,28H,1-12H3;/q-2;+2. The van der Waals surface area contributed by atoms with E-state index >= 15 is 0 Å². The number of hydrogen-bond donors (Lipinski definition) is 0.